The van der Waals surface area contributed by atoms with Crippen LogP contribution < -0.4 is 4.90 Å². The third-order valence-electron chi connectivity index (χ3n) is 13.9. The molecular weight excluding hydrogens is 767 g/mol. The highest BCUT2D eigenvalue weighted by atomic mass is 32.1. The van der Waals surface area contributed by atoms with Gasteiger partial charge in [-0.2, -0.15) is 0 Å². The van der Waals surface area contributed by atoms with E-state index in [2.05, 4.69) is 224 Å². The Hall–Kier alpha value is -7.26. The molecule has 9 aromatic carbocycles. The lowest BCUT2D eigenvalue weighted by molar-refractivity contribution is 0.674. The van der Waals surface area contributed by atoms with Gasteiger partial charge in [-0.3, -0.25) is 0 Å². The van der Waals surface area contributed by atoms with Crippen molar-refractivity contribution >= 4 is 59.2 Å². The zero-order valence-electron chi connectivity index (χ0n) is 34.3. The molecule has 0 saturated carbocycles. The quantitative estimate of drug-likeness (QED) is 0.167. The molecule has 0 radical (unpaired) electrons. The van der Waals surface area contributed by atoms with E-state index in [4.69, 9.17) is 0 Å². The van der Waals surface area contributed by atoms with Crippen LogP contribution in [-0.2, 0) is 5.41 Å². The Morgan fingerprint density at radius 1 is 0.452 bits per heavy atom. The maximum Gasteiger partial charge on any atom is 0.0726 e. The minimum absolute atomic E-state index is 0.259. The van der Waals surface area contributed by atoms with Crippen LogP contribution in [0.5, 0.6) is 0 Å². The van der Waals surface area contributed by atoms with E-state index in [0.717, 1.165) is 12.1 Å². The van der Waals surface area contributed by atoms with Crippen LogP contribution in [0.2, 0.25) is 0 Å². The van der Waals surface area contributed by atoms with Gasteiger partial charge in [0.15, 0.2) is 0 Å². The van der Waals surface area contributed by atoms with Crippen LogP contribution in [0, 0.1) is 5.92 Å². The molecule has 1 heterocycles. The first kappa shape index (κ1) is 35.5. The Morgan fingerprint density at radius 3 is 1.76 bits per heavy atom. The number of hydrogen-bond donors (Lipinski definition) is 0. The van der Waals surface area contributed by atoms with Crippen LogP contribution in [0.3, 0.4) is 0 Å². The summed E-state index contributed by atoms with van der Waals surface area (Å²) in [6.45, 7) is 2.41. The van der Waals surface area contributed by atoms with Gasteiger partial charge in [0.1, 0.15) is 0 Å². The van der Waals surface area contributed by atoms with E-state index in [9.17, 15) is 0 Å². The highest BCUT2D eigenvalue weighted by Crippen LogP contribution is 2.63. The highest BCUT2D eigenvalue weighted by molar-refractivity contribution is 7.25. The van der Waals surface area contributed by atoms with Crippen molar-refractivity contribution in [3.05, 3.63) is 246 Å². The van der Waals surface area contributed by atoms with Crippen LogP contribution in [0.4, 0.5) is 11.4 Å². The molecule has 0 aliphatic heterocycles. The molecule has 292 valence electrons. The van der Waals surface area contributed by atoms with Gasteiger partial charge in [-0.1, -0.05) is 177 Å². The molecule has 0 fully saturated rings. The molecule has 1 spiro atoms. The number of hydrogen-bond acceptors (Lipinski definition) is 2. The third-order valence-corrected chi connectivity index (χ3v) is 15.1. The molecule has 13 rings (SSSR count). The van der Waals surface area contributed by atoms with Crippen molar-refractivity contribution in [3.8, 4) is 33.4 Å². The number of fused-ring (bicyclic) bond motifs is 14. The largest absolute Gasteiger partial charge is 0.313 e. The Labute approximate surface area is 366 Å². The number of benzene rings is 9. The van der Waals surface area contributed by atoms with Gasteiger partial charge in [-0.05, 0) is 121 Å². The second-order valence-electron chi connectivity index (χ2n) is 17.2. The van der Waals surface area contributed by atoms with Gasteiger partial charge < -0.3 is 4.90 Å². The van der Waals surface area contributed by atoms with Gasteiger partial charge in [0.2, 0.25) is 0 Å². The Kier molecular flexibility index (Phi) is 7.80. The van der Waals surface area contributed by atoms with Crippen molar-refractivity contribution in [2.24, 2.45) is 5.92 Å². The van der Waals surface area contributed by atoms with Crippen LogP contribution in [0.25, 0.3) is 69.9 Å². The summed E-state index contributed by atoms with van der Waals surface area (Å²) in [4.78, 5) is 2.59. The third kappa shape index (κ3) is 5.02. The molecule has 0 N–H and O–H groups in total. The van der Waals surface area contributed by atoms with Gasteiger partial charge in [0.25, 0.3) is 0 Å². The van der Waals surface area contributed by atoms with E-state index >= 15 is 0 Å². The van der Waals surface area contributed by atoms with E-state index in [1.165, 1.54) is 109 Å². The maximum absolute atomic E-state index is 2.59. The lowest BCUT2D eigenvalue weighted by Gasteiger charge is -2.36. The second kappa shape index (κ2) is 13.6. The van der Waals surface area contributed by atoms with E-state index in [1.807, 2.05) is 11.3 Å². The lowest BCUT2D eigenvalue weighted by Crippen LogP contribution is -2.27. The normalized spacial score (nSPS) is 15.6. The number of allylic oxidation sites excluding steroid dienone is 4. The standard InChI is InChI=1S/C60H41NS/c1-38-14-12-23-46(41-30-35-58-52(36-41)51-21-7-11-27-57(51)62-58)59(38)61(42-31-28-40(29-32-42)45-22-13-16-39-15-2-3-17-44(39)45)43-33-34-50-49-20-6-10-26-55(49)60(56(50)37-43)53-24-8-4-18-47(53)48-19-5-9-25-54(48)60/h2-13,15-38H,14H2,1H3. The summed E-state index contributed by atoms with van der Waals surface area (Å²) in [5.74, 6) is 0.259. The van der Waals surface area contributed by atoms with Gasteiger partial charge in [0.05, 0.1) is 5.41 Å². The summed E-state index contributed by atoms with van der Waals surface area (Å²) in [6, 6.07) is 75.3. The van der Waals surface area contributed by atoms with Crippen LogP contribution in [0.1, 0.15) is 41.2 Å². The zero-order chi connectivity index (χ0) is 40.9. The molecule has 3 aliphatic rings. The average Bonchev–Trinajstić information content (AvgIpc) is 3.96. The molecule has 62 heavy (non-hydrogen) atoms. The number of rotatable bonds is 5. The van der Waals surface area contributed by atoms with E-state index in [1.54, 1.807) is 0 Å². The highest BCUT2D eigenvalue weighted by Gasteiger charge is 2.51. The van der Waals surface area contributed by atoms with Crippen LogP contribution >= 0.6 is 11.3 Å². The predicted molar refractivity (Wildman–Crippen MR) is 263 cm³/mol. The van der Waals surface area contributed by atoms with Gasteiger partial charge in [-0.15, -0.1) is 11.3 Å². The molecule has 2 heteroatoms. The van der Waals surface area contributed by atoms with Crippen molar-refractivity contribution in [3.63, 3.8) is 0 Å². The van der Waals surface area contributed by atoms with Crippen molar-refractivity contribution in [1.82, 2.24) is 0 Å². The molecule has 0 saturated heterocycles. The molecule has 1 nitrogen and oxygen atoms in total. The van der Waals surface area contributed by atoms with Crippen molar-refractivity contribution in [2.45, 2.75) is 18.8 Å². The molecule has 10 aromatic rings. The van der Waals surface area contributed by atoms with Gasteiger partial charge in [-0.25, -0.2) is 0 Å². The molecule has 0 amide bonds. The summed E-state index contributed by atoms with van der Waals surface area (Å²) < 4.78 is 2.66. The topological polar surface area (TPSA) is 3.24 Å². The lowest BCUT2D eigenvalue weighted by atomic mass is 9.70. The molecule has 1 unspecified atom stereocenters. The first-order valence-electron chi connectivity index (χ1n) is 21.8. The summed E-state index contributed by atoms with van der Waals surface area (Å²) in [7, 11) is 0. The first-order valence-corrected chi connectivity index (χ1v) is 22.6. The van der Waals surface area contributed by atoms with Gasteiger partial charge >= 0.3 is 0 Å². The van der Waals surface area contributed by atoms with E-state index in [0.29, 0.717) is 0 Å². The van der Waals surface area contributed by atoms with Crippen molar-refractivity contribution in [1.29, 1.82) is 0 Å². The fraction of sp³-hybridized carbons (Fsp3) is 0.0667. The molecule has 0 bridgehead atoms. The molecule has 1 aromatic heterocycles. The van der Waals surface area contributed by atoms with E-state index < -0.39 is 5.41 Å². The van der Waals surface area contributed by atoms with E-state index in [-0.39, 0.29) is 5.92 Å². The second-order valence-corrected chi connectivity index (χ2v) is 18.3. The first-order chi connectivity index (χ1) is 30.7. The average molecular weight is 808 g/mol. The summed E-state index contributed by atoms with van der Waals surface area (Å²) in [5, 5.41) is 5.17. The van der Waals surface area contributed by atoms with Crippen molar-refractivity contribution in [2.75, 3.05) is 4.90 Å². The van der Waals surface area contributed by atoms with Gasteiger partial charge in [0, 0.05) is 48.7 Å². The molecule has 1 atom stereocenters. The number of anilines is 2. The predicted octanol–water partition coefficient (Wildman–Crippen LogP) is 16.4. The summed E-state index contributed by atoms with van der Waals surface area (Å²) >= 11 is 1.88. The van der Waals surface area contributed by atoms with Crippen LogP contribution in [0.15, 0.2) is 218 Å². The van der Waals surface area contributed by atoms with Crippen molar-refractivity contribution < 1.29 is 0 Å². The SMILES string of the molecule is CC1CC=CC(c2ccc3sc4ccccc4c3c2)=C1N(c1ccc(-c2cccc3ccccc23)cc1)c1ccc2c(c1)C1(c3ccccc3-c3ccccc31)c1ccccc1-2. The van der Waals surface area contributed by atoms with Crippen LogP contribution in [-0.4, -0.2) is 0 Å². The molecular formula is C60H41NS. The Balaban J connectivity index is 1.07. The zero-order valence-corrected chi connectivity index (χ0v) is 35.2. The number of nitrogens with zero attached hydrogens (tertiary/aromatic N) is 1. The Bertz CT molecular complexity index is 3460. The fourth-order valence-corrected chi connectivity index (χ4v) is 12.3. The number of thiophene rings is 1. The molecule has 3 aliphatic carbocycles. The minimum atomic E-state index is -0.431. The minimum Gasteiger partial charge on any atom is -0.313 e. The summed E-state index contributed by atoms with van der Waals surface area (Å²) in [5.41, 5.74) is 18.9. The monoisotopic (exact) mass is 807 g/mol. The summed E-state index contributed by atoms with van der Waals surface area (Å²) in [6.07, 6.45) is 5.73. The fourth-order valence-electron chi connectivity index (χ4n) is 11.2. The smallest absolute Gasteiger partial charge is 0.0726 e. The maximum atomic E-state index is 2.59. The Morgan fingerprint density at radius 2 is 1.02 bits per heavy atom.